The molecule has 24 heavy (non-hydrogen) atoms. The zero-order valence-electron chi connectivity index (χ0n) is 14.1. The van der Waals surface area contributed by atoms with Gasteiger partial charge in [-0.2, -0.15) is 0 Å². The van der Waals surface area contributed by atoms with E-state index in [2.05, 4.69) is 44.3 Å². The lowest BCUT2D eigenvalue weighted by Gasteiger charge is -2.41. The summed E-state index contributed by atoms with van der Waals surface area (Å²) in [6.45, 7) is 7.53. The topological polar surface area (TPSA) is 81.0 Å². The highest BCUT2D eigenvalue weighted by molar-refractivity contribution is 5.25. The van der Waals surface area contributed by atoms with Crippen LogP contribution in [0.1, 0.15) is 37.6 Å². The molecular weight excluding hydrogens is 306 g/mol. The zero-order chi connectivity index (χ0) is 16.5. The number of fused-ring (bicyclic) bond motifs is 3. The zero-order valence-corrected chi connectivity index (χ0v) is 14.1. The van der Waals surface area contributed by atoms with Gasteiger partial charge in [0.15, 0.2) is 0 Å². The molecule has 4 rings (SSSR count). The van der Waals surface area contributed by atoms with Gasteiger partial charge in [-0.15, -0.1) is 5.10 Å². The van der Waals surface area contributed by atoms with Crippen molar-refractivity contribution in [1.82, 2.24) is 29.9 Å². The summed E-state index contributed by atoms with van der Waals surface area (Å²) >= 11 is 0. The fourth-order valence-electron chi connectivity index (χ4n) is 3.42. The van der Waals surface area contributed by atoms with E-state index in [0.717, 1.165) is 37.3 Å². The van der Waals surface area contributed by atoms with E-state index in [0.29, 0.717) is 18.6 Å². The van der Waals surface area contributed by atoms with E-state index < -0.39 is 0 Å². The number of rotatable bonds is 4. The van der Waals surface area contributed by atoms with Crippen LogP contribution < -0.4 is 5.32 Å². The highest BCUT2D eigenvalue weighted by Crippen LogP contribution is 2.30. The lowest BCUT2D eigenvalue weighted by Crippen LogP contribution is -2.47. The Bertz CT molecular complexity index is 684. The largest absolute Gasteiger partial charge is 0.370 e. The number of aromatic nitrogens is 5. The molecule has 2 aliphatic rings. The number of ether oxygens (including phenoxy) is 1. The Balaban J connectivity index is 1.42. The Hall–Kier alpha value is -2.06. The first kappa shape index (κ1) is 15.5. The maximum absolute atomic E-state index is 5.96. The first-order valence-corrected chi connectivity index (χ1v) is 8.49. The van der Waals surface area contributed by atoms with E-state index in [-0.39, 0.29) is 12.1 Å². The molecule has 0 saturated carbocycles. The molecule has 0 aliphatic carbocycles. The van der Waals surface area contributed by atoms with Gasteiger partial charge in [0.1, 0.15) is 0 Å². The summed E-state index contributed by atoms with van der Waals surface area (Å²) in [4.78, 5) is 11.2. The average Bonchev–Trinajstić information content (AvgIpc) is 3.05. The molecule has 2 aromatic rings. The summed E-state index contributed by atoms with van der Waals surface area (Å²) < 4.78 is 7.99. The van der Waals surface area contributed by atoms with Crippen LogP contribution in [0, 0.1) is 0 Å². The first-order valence-electron chi connectivity index (χ1n) is 8.49. The molecule has 1 saturated heterocycles. The van der Waals surface area contributed by atoms with E-state index in [4.69, 9.17) is 4.74 Å². The van der Waals surface area contributed by atoms with Crippen molar-refractivity contribution < 1.29 is 4.74 Å². The lowest BCUT2D eigenvalue weighted by atomic mass is 10.00. The van der Waals surface area contributed by atoms with Crippen molar-refractivity contribution in [2.24, 2.45) is 0 Å². The fourth-order valence-corrected chi connectivity index (χ4v) is 3.42. The Morgan fingerprint density at radius 1 is 1.29 bits per heavy atom. The van der Waals surface area contributed by atoms with Crippen LogP contribution in [-0.2, 0) is 17.9 Å². The van der Waals surface area contributed by atoms with Crippen molar-refractivity contribution in [3.05, 3.63) is 29.8 Å². The second kappa shape index (κ2) is 6.45. The summed E-state index contributed by atoms with van der Waals surface area (Å²) in [6.07, 6.45) is 6.86. The summed E-state index contributed by atoms with van der Waals surface area (Å²) in [5.41, 5.74) is 2.18. The molecule has 2 aliphatic heterocycles. The Morgan fingerprint density at radius 3 is 2.92 bits per heavy atom. The number of likely N-dealkylation sites (tertiary alicyclic amines) is 1. The van der Waals surface area contributed by atoms with Crippen molar-refractivity contribution in [1.29, 1.82) is 0 Å². The van der Waals surface area contributed by atoms with Crippen LogP contribution in [0.4, 0.5) is 5.95 Å². The Morgan fingerprint density at radius 2 is 2.12 bits per heavy atom. The third-order valence-corrected chi connectivity index (χ3v) is 4.54. The minimum atomic E-state index is 0.240. The van der Waals surface area contributed by atoms with Gasteiger partial charge < -0.3 is 10.1 Å². The molecule has 0 radical (unpaired) electrons. The number of nitrogens with one attached hydrogen (secondary N) is 1. The third kappa shape index (κ3) is 3.11. The molecule has 0 bridgehead atoms. The van der Waals surface area contributed by atoms with Gasteiger partial charge in [0, 0.05) is 43.6 Å². The minimum Gasteiger partial charge on any atom is -0.370 e. The van der Waals surface area contributed by atoms with Gasteiger partial charge in [0.05, 0.1) is 30.6 Å². The molecule has 0 spiro atoms. The van der Waals surface area contributed by atoms with Gasteiger partial charge >= 0.3 is 0 Å². The normalized spacial score (nSPS) is 23.8. The molecule has 128 valence electrons. The Kier molecular flexibility index (Phi) is 4.15. The van der Waals surface area contributed by atoms with Gasteiger partial charge in [-0.1, -0.05) is 5.21 Å². The number of piperidine rings is 1. The minimum absolute atomic E-state index is 0.240. The molecular formula is C16H23N7O. The molecule has 0 aromatic carbocycles. The first-order chi connectivity index (χ1) is 11.7. The van der Waals surface area contributed by atoms with Crippen LogP contribution in [-0.4, -0.2) is 55.1 Å². The highest BCUT2D eigenvalue weighted by Gasteiger charge is 2.36. The molecule has 4 heterocycles. The lowest BCUT2D eigenvalue weighted by molar-refractivity contribution is -0.0670. The van der Waals surface area contributed by atoms with E-state index in [9.17, 15) is 0 Å². The molecule has 1 N–H and O–H groups in total. The fraction of sp³-hybridized carbons (Fsp3) is 0.625. The standard InChI is InChI=1S/C16H23N7O/c1-11(2)20-16-17-5-12(6-18-16)8-22-4-3-15-14(9-22)23-13(10-24-15)7-19-21-23/h5-7,11,14-15H,3-4,8-10H2,1-2H3,(H,17,18,20)/t14-,15+/m1/s1. The number of hydrogen-bond donors (Lipinski definition) is 1. The van der Waals surface area contributed by atoms with Crippen LogP contribution >= 0.6 is 0 Å². The average molecular weight is 329 g/mol. The van der Waals surface area contributed by atoms with Gasteiger partial charge in [0.25, 0.3) is 0 Å². The molecule has 2 atom stereocenters. The van der Waals surface area contributed by atoms with Crippen molar-refractivity contribution in [2.75, 3.05) is 18.4 Å². The van der Waals surface area contributed by atoms with E-state index in [1.807, 2.05) is 17.1 Å². The number of hydrogen-bond acceptors (Lipinski definition) is 7. The van der Waals surface area contributed by atoms with E-state index >= 15 is 0 Å². The van der Waals surface area contributed by atoms with Crippen LogP contribution in [0.3, 0.4) is 0 Å². The van der Waals surface area contributed by atoms with Crippen molar-refractivity contribution in [3.63, 3.8) is 0 Å². The predicted octanol–water partition coefficient (Wildman–Crippen LogP) is 1.23. The predicted molar refractivity (Wildman–Crippen MR) is 88.3 cm³/mol. The van der Waals surface area contributed by atoms with Gasteiger partial charge in [-0.05, 0) is 20.3 Å². The highest BCUT2D eigenvalue weighted by atomic mass is 16.5. The van der Waals surface area contributed by atoms with E-state index in [1.165, 1.54) is 0 Å². The Labute approximate surface area is 141 Å². The number of nitrogens with zero attached hydrogens (tertiary/aromatic N) is 6. The molecule has 0 amide bonds. The maximum Gasteiger partial charge on any atom is 0.222 e. The van der Waals surface area contributed by atoms with Crippen LogP contribution in [0.25, 0.3) is 0 Å². The van der Waals surface area contributed by atoms with Crippen LogP contribution in [0.5, 0.6) is 0 Å². The monoisotopic (exact) mass is 329 g/mol. The van der Waals surface area contributed by atoms with Crippen LogP contribution in [0.15, 0.2) is 18.6 Å². The smallest absolute Gasteiger partial charge is 0.222 e. The van der Waals surface area contributed by atoms with Gasteiger partial charge in [-0.25, -0.2) is 14.6 Å². The summed E-state index contributed by atoms with van der Waals surface area (Å²) in [5, 5.41) is 11.5. The molecule has 1 fully saturated rings. The van der Waals surface area contributed by atoms with Crippen LogP contribution in [0.2, 0.25) is 0 Å². The second-order valence-electron chi connectivity index (χ2n) is 6.82. The number of anilines is 1. The van der Waals surface area contributed by atoms with Gasteiger partial charge in [-0.3, -0.25) is 4.90 Å². The second-order valence-corrected chi connectivity index (χ2v) is 6.82. The molecule has 8 nitrogen and oxygen atoms in total. The molecule has 0 unspecified atom stereocenters. The quantitative estimate of drug-likeness (QED) is 0.903. The molecule has 8 heteroatoms. The van der Waals surface area contributed by atoms with Crippen molar-refractivity contribution >= 4 is 5.95 Å². The summed E-state index contributed by atoms with van der Waals surface area (Å²) in [7, 11) is 0. The summed E-state index contributed by atoms with van der Waals surface area (Å²) in [5.74, 6) is 0.681. The third-order valence-electron chi connectivity index (χ3n) is 4.54. The van der Waals surface area contributed by atoms with Crippen molar-refractivity contribution in [3.8, 4) is 0 Å². The van der Waals surface area contributed by atoms with Gasteiger partial charge in [0.2, 0.25) is 5.95 Å². The van der Waals surface area contributed by atoms with Crippen molar-refractivity contribution in [2.45, 2.75) is 51.6 Å². The molecule has 2 aromatic heterocycles. The van der Waals surface area contributed by atoms with E-state index in [1.54, 1.807) is 6.20 Å². The summed E-state index contributed by atoms with van der Waals surface area (Å²) in [6, 6.07) is 0.575. The maximum atomic E-state index is 5.96. The SMILES string of the molecule is CC(C)Nc1ncc(CN2CC[C@@H]3OCc4cnnn4[C@@H]3C2)cn1.